The molecule has 0 bridgehead atoms. The minimum atomic E-state index is -4.61. The molecule has 2 aromatic carbocycles. The van der Waals surface area contributed by atoms with Crippen molar-refractivity contribution in [3.05, 3.63) is 53.8 Å². The molecule has 2 heterocycles. The monoisotopic (exact) mass is 497 g/mol. The first-order valence-electron chi connectivity index (χ1n) is 11.3. The van der Waals surface area contributed by atoms with Crippen LogP contribution < -0.4 is 25.4 Å². The Morgan fingerprint density at radius 1 is 1.20 bits per heavy atom. The van der Waals surface area contributed by atoms with Gasteiger partial charge in [-0.15, -0.1) is 0 Å². The predicted octanol–water partition coefficient (Wildman–Crippen LogP) is 4.68. The molecule has 2 aromatic rings. The largest absolute Gasteiger partial charge is 0.497 e. The van der Waals surface area contributed by atoms with Gasteiger partial charge in [0.15, 0.2) is 11.8 Å². The van der Waals surface area contributed by atoms with Crippen molar-refractivity contribution >= 4 is 11.7 Å². The van der Waals surface area contributed by atoms with Gasteiger partial charge in [-0.05, 0) is 38.0 Å². The summed E-state index contributed by atoms with van der Waals surface area (Å²) in [5.41, 5.74) is -2.61. The standard InChI is InChI=1S/C24H27F4N3O4/c1-14-7-10-18(30-22(32)31-19-13-15(33-2)8-9-17(19)25)21(29-14)35-20-6-4-3-5-16(20)23(11-12-34-23)24(26,27)28/h3-6,8-9,13-14,18,21,29H,7,10-12H2,1-2H3,(H2,30,31,32)/t14?,18?,21?,23-/m1/s1. The summed E-state index contributed by atoms with van der Waals surface area (Å²) in [7, 11) is 1.42. The van der Waals surface area contributed by atoms with Gasteiger partial charge in [0, 0.05) is 24.1 Å². The van der Waals surface area contributed by atoms with Gasteiger partial charge in [-0.2, -0.15) is 13.2 Å². The zero-order chi connectivity index (χ0) is 25.2. The third-order valence-corrected chi connectivity index (χ3v) is 6.30. The molecule has 2 aliphatic heterocycles. The molecule has 0 saturated carbocycles. The summed E-state index contributed by atoms with van der Waals surface area (Å²) >= 11 is 0. The molecule has 0 aromatic heterocycles. The van der Waals surface area contributed by atoms with E-state index in [4.69, 9.17) is 14.2 Å². The van der Waals surface area contributed by atoms with Crippen LogP contribution in [0.25, 0.3) is 0 Å². The van der Waals surface area contributed by atoms with Crippen molar-refractivity contribution in [1.29, 1.82) is 0 Å². The number of alkyl halides is 3. The first-order chi connectivity index (χ1) is 16.6. The van der Waals surface area contributed by atoms with E-state index in [0.29, 0.717) is 18.6 Å². The number of carbonyl (C=O) groups is 1. The number of methoxy groups -OCH3 is 1. The van der Waals surface area contributed by atoms with Crippen molar-refractivity contribution < 1.29 is 36.6 Å². The maximum atomic E-state index is 14.1. The highest BCUT2D eigenvalue weighted by atomic mass is 19.4. The van der Waals surface area contributed by atoms with Gasteiger partial charge in [0.05, 0.1) is 25.4 Å². The number of hydrogen-bond acceptors (Lipinski definition) is 5. The fraction of sp³-hybridized carbons (Fsp3) is 0.458. The molecule has 0 radical (unpaired) electrons. The molecule has 4 atom stereocenters. The maximum absolute atomic E-state index is 14.1. The van der Waals surface area contributed by atoms with Gasteiger partial charge in [0.1, 0.15) is 17.3 Å². The van der Waals surface area contributed by atoms with E-state index in [0.717, 1.165) is 0 Å². The number of nitrogens with one attached hydrogen (secondary N) is 3. The van der Waals surface area contributed by atoms with E-state index < -0.39 is 35.9 Å². The van der Waals surface area contributed by atoms with Crippen LogP contribution in [0.2, 0.25) is 0 Å². The summed E-state index contributed by atoms with van der Waals surface area (Å²) in [5, 5.41) is 8.37. The van der Waals surface area contributed by atoms with Crippen LogP contribution in [0.4, 0.5) is 28.0 Å². The number of anilines is 1. The Bertz CT molecular complexity index is 1060. The SMILES string of the molecule is COc1ccc(F)c(NC(=O)NC2CCC(C)NC2Oc2ccccc2[C@@]2(C(F)(F)F)CCO2)c1. The van der Waals surface area contributed by atoms with Gasteiger partial charge in [0.2, 0.25) is 0 Å². The van der Waals surface area contributed by atoms with Gasteiger partial charge < -0.3 is 24.8 Å². The second-order valence-electron chi connectivity index (χ2n) is 8.65. The molecular weight excluding hydrogens is 470 g/mol. The second-order valence-corrected chi connectivity index (χ2v) is 8.65. The van der Waals surface area contributed by atoms with E-state index in [2.05, 4.69) is 16.0 Å². The maximum Gasteiger partial charge on any atom is 0.421 e. The van der Waals surface area contributed by atoms with Gasteiger partial charge in [-0.25, -0.2) is 9.18 Å². The van der Waals surface area contributed by atoms with Crippen molar-refractivity contribution in [3.8, 4) is 11.5 Å². The van der Waals surface area contributed by atoms with Crippen molar-refractivity contribution in [2.75, 3.05) is 19.0 Å². The average Bonchev–Trinajstić information content (AvgIpc) is 2.76. The van der Waals surface area contributed by atoms with Gasteiger partial charge in [0.25, 0.3) is 0 Å². The topological polar surface area (TPSA) is 80.9 Å². The smallest absolute Gasteiger partial charge is 0.421 e. The lowest BCUT2D eigenvalue weighted by molar-refractivity contribution is -0.334. The highest BCUT2D eigenvalue weighted by Gasteiger charge is 2.62. The van der Waals surface area contributed by atoms with Crippen LogP contribution >= 0.6 is 0 Å². The van der Waals surface area contributed by atoms with Gasteiger partial charge in [-0.3, -0.25) is 5.32 Å². The normalized spacial score (nSPS) is 26.4. The van der Waals surface area contributed by atoms with Crippen molar-refractivity contribution in [2.45, 2.75) is 56.3 Å². The minimum absolute atomic E-state index is 0.000585. The van der Waals surface area contributed by atoms with Crippen LogP contribution in [0.15, 0.2) is 42.5 Å². The molecular formula is C24H27F4N3O4. The number of urea groups is 1. The number of carbonyl (C=O) groups excluding carboxylic acids is 1. The summed E-state index contributed by atoms with van der Waals surface area (Å²) in [5.74, 6) is -0.261. The number of rotatable bonds is 6. The molecule has 0 aliphatic carbocycles. The number of amides is 2. The molecule has 7 nitrogen and oxygen atoms in total. The zero-order valence-electron chi connectivity index (χ0n) is 19.2. The first-order valence-corrected chi connectivity index (χ1v) is 11.3. The molecule has 3 N–H and O–H groups in total. The van der Waals surface area contributed by atoms with E-state index >= 15 is 0 Å². The number of piperidine rings is 1. The summed E-state index contributed by atoms with van der Waals surface area (Å²) in [6.07, 6.45) is -4.46. The lowest BCUT2D eigenvalue weighted by Crippen LogP contribution is -2.59. The van der Waals surface area contributed by atoms with Crippen molar-refractivity contribution in [2.24, 2.45) is 0 Å². The molecule has 2 saturated heterocycles. The van der Waals surface area contributed by atoms with Crippen molar-refractivity contribution in [1.82, 2.24) is 10.6 Å². The Morgan fingerprint density at radius 2 is 1.94 bits per heavy atom. The molecule has 11 heteroatoms. The fourth-order valence-electron chi connectivity index (χ4n) is 4.31. The molecule has 0 spiro atoms. The van der Waals surface area contributed by atoms with Crippen LogP contribution in [0.1, 0.15) is 31.7 Å². The van der Waals surface area contributed by atoms with E-state index in [1.165, 1.54) is 43.5 Å². The number of ether oxygens (including phenoxy) is 3. The van der Waals surface area contributed by atoms with Gasteiger partial charge in [-0.1, -0.05) is 18.2 Å². The average molecular weight is 497 g/mol. The van der Waals surface area contributed by atoms with Crippen molar-refractivity contribution in [3.63, 3.8) is 0 Å². The lowest BCUT2D eigenvalue weighted by Gasteiger charge is -2.44. The number of para-hydroxylation sites is 1. The number of benzene rings is 2. The first kappa shape index (κ1) is 25.1. The summed E-state index contributed by atoms with van der Waals surface area (Å²) < 4.78 is 72.0. The fourth-order valence-corrected chi connectivity index (χ4v) is 4.31. The molecule has 4 rings (SSSR count). The Balaban J connectivity index is 1.52. The van der Waals surface area contributed by atoms with Crippen LogP contribution in [0.3, 0.4) is 0 Å². The molecule has 35 heavy (non-hydrogen) atoms. The van der Waals surface area contributed by atoms with Crippen LogP contribution in [-0.4, -0.2) is 44.2 Å². The Hall–Kier alpha value is -3.05. The Labute approximate surface area is 200 Å². The van der Waals surface area contributed by atoms with E-state index in [-0.39, 0.29) is 36.1 Å². The summed E-state index contributed by atoms with van der Waals surface area (Å²) in [6.45, 7) is 1.91. The molecule has 2 aliphatic rings. The second kappa shape index (κ2) is 9.90. The van der Waals surface area contributed by atoms with E-state index in [1.807, 2.05) is 6.92 Å². The third kappa shape index (κ3) is 5.15. The summed E-state index contributed by atoms with van der Waals surface area (Å²) in [6, 6.07) is 8.52. The van der Waals surface area contributed by atoms with E-state index in [1.54, 1.807) is 6.07 Å². The predicted molar refractivity (Wildman–Crippen MR) is 120 cm³/mol. The van der Waals surface area contributed by atoms with Crippen LogP contribution in [0, 0.1) is 5.82 Å². The quantitative estimate of drug-likeness (QED) is 0.505. The van der Waals surface area contributed by atoms with Crippen LogP contribution in [0.5, 0.6) is 11.5 Å². The number of hydrogen-bond donors (Lipinski definition) is 3. The van der Waals surface area contributed by atoms with Crippen LogP contribution in [-0.2, 0) is 10.3 Å². The molecule has 3 unspecified atom stereocenters. The third-order valence-electron chi connectivity index (χ3n) is 6.30. The highest BCUT2D eigenvalue weighted by molar-refractivity contribution is 5.89. The van der Waals surface area contributed by atoms with Gasteiger partial charge >= 0.3 is 12.2 Å². The number of halogens is 4. The molecule has 2 amide bonds. The minimum Gasteiger partial charge on any atom is -0.497 e. The van der Waals surface area contributed by atoms with E-state index in [9.17, 15) is 22.4 Å². The Morgan fingerprint density at radius 3 is 2.60 bits per heavy atom. The molecule has 2 fully saturated rings. The Kier molecular flexibility index (Phi) is 7.09. The lowest BCUT2D eigenvalue weighted by atomic mass is 9.85. The highest BCUT2D eigenvalue weighted by Crippen LogP contribution is 2.52. The summed E-state index contributed by atoms with van der Waals surface area (Å²) in [4.78, 5) is 12.6. The zero-order valence-corrected chi connectivity index (χ0v) is 19.2. The molecule has 190 valence electrons.